The molecule has 0 bridgehead atoms. The van der Waals surface area contributed by atoms with Crippen LogP contribution in [0.15, 0.2) is 42.5 Å². The monoisotopic (exact) mass is 445 g/mol. The lowest BCUT2D eigenvalue weighted by Gasteiger charge is -2.07. The van der Waals surface area contributed by atoms with Crippen molar-refractivity contribution in [2.45, 2.75) is 6.92 Å². The van der Waals surface area contributed by atoms with Crippen molar-refractivity contribution in [2.24, 2.45) is 0 Å². The van der Waals surface area contributed by atoms with Crippen LogP contribution in [0.1, 0.15) is 16.1 Å². The third-order valence-corrected chi connectivity index (χ3v) is 5.07. The molecular formula is C19H13ClFN5O3S. The number of aryl methyl sites for hydroxylation is 1. The number of aromatic nitrogens is 4. The van der Waals surface area contributed by atoms with Gasteiger partial charge in [0.05, 0.1) is 28.8 Å². The minimum Gasteiger partial charge on any atom is -0.452 e. The largest absolute Gasteiger partial charge is 0.452 e. The van der Waals surface area contributed by atoms with Gasteiger partial charge in [0.1, 0.15) is 27.6 Å². The lowest BCUT2D eigenvalue weighted by molar-refractivity contribution is -0.119. The van der Waals surface area contributed by atoms with Crippen LogP contribution in [-0.2, 0) is 9.53 Å². The lowest BCUT2D eigenvalue weighted by Crippen LogP contribution is -2.21. The predicted molar refractivity (Wildman–Crippen MR) is 110 cm³/mol. The summed E-state index contributed by atoms with van der Waals surface area (Å²) in [6.45, 7) is 1.06. The van der Waals surface area contributed by atoms with E-state index in [1.807, 2.05) is 0 Å². The average Bonchev–Trinajstić information content (AvgIpc) is 3.32. The topological polar surface area (TPSA) is 99.0 Å². The Hall–Kier alpha value is -3.37. The molecule has 4 rings (SSSR count). The second-order valence-corrected chi connectivity index (χ2v) is 7.09. The van der Waals surface area contributed by atoms with Crippen molar-refractivity contribution in [1.82, 2.24) is 18.5 Å². The molecule has 0 atom stereocenters. The van der Waals surface area contributed by atoms with E-state index in [-0.39, 0.29) is 10.7 Å². The highest BCUT2D eigenvalue weighted by Crippen LogP contribution is 2.25. The zero-order chi connectivity index (χ0) is 21.3. The molecule has 2 aromatic heterocycles. The first-order valence-corrected chi connectivity index (χ1v) is 9.74. The Kier molecular flexibility index (Phi) is 5.42. The first kappa shape index (κ1) is 19.9. The van der Waals surface area contributed by atoms with E-state index in [1.165, 1.54) is 28.9 Å². The highest BCUT2D eigenvalue weighted by molar-refractivity contribution is 7.00. The highest BCUT2D eigenvalue weighted by Gasteiger charge is 2.23. The fourth-order valence-corrected chi connectivity index (χ4v) is 3.68. The van der Waals surface area contributed by atoms with Crippen LogP contribution in [0.2, 0.25) is 5.15 Å². The van der Waals surface area contributed by atoms with Gasteiger partial charge in [-0.1, -0.05) is 17.7 Å². The molecule has 30 heavy (non-hydrogen) atoms. The van der Waals surface area contributed by atoms with Crippen LogP contribution in [0.4, 0.5) is 10.1 Å². The van der Waals surface area contributed by atoms with Crippen molar-refractivity contribution >= 4 is 51.9 Å². The number of anilines is 1. The molecule has 0 radical (unpaired) electrons. The minimum atomic E-state index is -0.797. The molecule has 0 saturated carbocycles. The summed E-state index contributed by atoms with van der Waals surface area (Å²) in [6.07, 6.45) is 0. The number of hydrogen-bond donors (Lipinski definition) is 1. The molecular weight excluding hydrogens is 433 g/mol. The summed E-state index contributed by atoms with van der Waals surface area (Å²) >= 11 is 7.32. The molecule has 1 N–H and O–H groups in total. The Morgan fingerprint density at radius 3 is 2.73 bits per heavy atom. The number of carbonyl (C=O) groups is 2. The van der Waals surface area contributed by atoms with Crippen LogP contribution in [0.3, 0.4) is 0 Å². The van der Waals surface area contributed by atoms with E-state index in [0.29, 0.717) is 28.1 Å². The number of carbonyl (C=O) groups excluding carboxylic acids is 2. The molecule has 11 heteroatoms. The third-order valence-electron chi connectivity index (χ3n) is 4.17. The van der Waals surface area contributed by atoms with Gasteiger partial charge in [0, 0.05) is 0 Å². The minimum absolute atomic E-state index is 0.00262. The maximum absolute atomic E-state index is 13.1. The van der Waals surface area contributed by atoms with E-state index in [2.05, 4.69) is 19.2 Å². The van der Waals surface area contributed by atoms with Crippen LogP contribution < -0.4 is 5.32 Å². The number of esters is 1. The van der Waals surface area contributed by atoms with Crippen molar-refractivity contribution in [2.75, 3.05) is 11.9 Å². The van der Waals surface area contributed by atoms with Crippen molar-refractivity contribution in [3.8, 4) is 5.69 Å². The predicted octanol–water partition coefficient (Wildman–Crippen LogP) is 3.77. The van der Waals surface area contributed by atoms with Gasteiger partial charge in [-0.2, -0.15) is 13.8 Å². The van der Waals surface area contributed by atoms with Crippen molar-refractivity contribution in [3.63, 3.8) is 0 Å². The number of halogens is 2. The van der Waals surface area contributed by atoms with E-state index >= 15 is 0 Å². The standard InChI is InChI=1S/C19H13ClFN5O3S/c1-10-16(18(20)26(23-10)12-7-5-11(21)6-8-12)19(28)29-9-15(27)22-13-3-2-4-14-17(13)25-30-24-14/h2-8H,9H2,1H3,(H,22,27). The molecule has 0 aliphatic carbocycles. The molecule has 8 nitrogen and oxygen atoms in total. The van der Waals surface area contributed by atoms with Gasteiger partial charge in [0.2, 0.25) is 0 Å². The number of fused-ring (bicyclic) bond motifs is 1. The summed E-state index contributed by atoms with van der Waals surface area (Å²) in [6, 6.07) is 10.6. The molecule has 0 unspecified atom stereocenters. The Labute approximate surface area is 178 Å². The quantitative estimate of drug-likeness (QED) is 0.469. The van der Waals surface area contributed by atoms with E-state index in [4.69, 9.17) is 16.3 Å². The summed E-state index contributed by atoms with van der Waals surface area (Å²) in [5.41, 5.74) is 2.51. The van der Waals surface area contributed by atoms with Crippen LogP contribution >= 0.6 is 23.3 Å². The van der Waals surface area contributed by atoms with Gasteiger partial charge >= 0.3 is 5.97 Å². The number of hydrogen-bond acceptors (Lipinski definition) is 7. The molecule has 4 aromatic rings. The molecule has 0 saturated heterocycles. The second-order valence-electron chi connectivity index (χ2n) is 6.20. The Morgan fingerprint density at radius 1 is 1.20 bits per heavy atom. The van der Waals surface area contributed by atoms with Crippen LogP contribution in [0, 0.1) is 12.7 Å². The SMILES string of the molecule is Cc1nn(-c2ccc(F)cc2)c(Cl)c1C(=O)OCC(=O)Nc1cccc2nsnc12. The van der Waals surface area contributed by atoms with Gasteiger partial charge in [0.15, 0.2) is 6.61 Å². The van der Waals surface area contributed by atoms with Gasteiger partial charge in [0.25, 0.3) is 5.91 Å². The van der Waals surface area contributed by atoms with Gasteiger partial charge < -0.3 is 10.1 Å². The summed E-state index contributed by atoms with van der Waals surface area (Å²) in [5.74, 6) is -1.74. The van der Waals surface area contributed by atoms with Gasteiger partial charge in [-0.25, -0.2) is 13.9 Å². The van der Waals surface area contributed by atoms with Crippen molar-refractivity contribution < 1.29 is 18.7 Å². The maximum Gasteiger partial charge on any atom is 0.343 e. The summed E-state index contributed by atoms with van der Waals surface area (Å²) in [4.78, 5) is 24.7. The summed E-state index contributed by atoms with van der Waals surface area (Å²) in [7, 11) is 0. The third kappa shape index (κ3) is 3.87. The smallest absolute Gasteiger partial charge is 0.343 e. The number of amides is 1. The van der Waals surface area contributed by atoms with Crippen molar-refractivity contribution in [1.29, 1.82) is 0 Å². The Morgan fingerprint density at radius 2 is 1.97 bits per heavy atom. The zero-order valence-electron chi connectivity index (χ0n) is 15.4. The fraction of sp³-hybridized carbons (Fsp3) is 0.105. The van der Waals surface area contributed by atoms with Crippen molar-refractivity contribution in [3.05, 3.63) is 64.7 Å². The number of nitrogens with zero attached hydrogens (tertiary/aromatic N) is 4. The second kappa shape index (κ2) is 8.17. The van der Waals surface area contributed by atoms with E-state index in [1.54, 1.807) is 25.1 Å². The molecule has 1 amide bonds. The zero-order valence-corrected chi connectivity index (χ0v) is 17.0. The fourth-order valence-electron chi connectivity index (χ4n) is 2.78. The molecule has 152 valence electrons. The van der Waals surface area contributed by atoms with Crippen LogP contribution in [0.5, 0.6) is 0 Å². The van der Waals surface area contributed by atoms with E-state index in [9.17, 15) is 14.0 Å². The number of ether oxygens (including phenoxy) is 1. The molecule has 0 aliphatic rings. The van der Waals surface area contributed by atoms with Gasteiger partial charge in [-0.05, 0) is 43.3 Å². The Bertz CT molecular complexity index is 1260. The summed E-state index contributed by atoms with van der Waals surface area (Å²) < 4.78 is 27.8. The number of rotatable bonds is 5. The van der Waals surface area contributed by atoms with Gasteiger partial charge in [-0.15, -0.1) is 0 Å². The normalized spacial score (nSPS) is 10.9. The Balaban J connectivity index is 1.46. The number of nitrogens with one attached hydrogen (secondary N) is 1. The molecule has 2 heterocycles. The highest BCUT2D eigenvalue weighted by atomic mass is 35.5. The average molecular weight is 446 g/mol. The molecule has 0 spiro atoms. The van der Waals surface area contributed by atoms with Gasteiger partial charge in [-0.3, -0.25) is 4.79 Å². The number of benzene rings is 2. The molecule has 0 aliphatic heterocycles. The lowest BCUT2D eigenvalue weighted by atomic mass is 10.2. The van der Waals surface area contributed by atoms with E-state index in [0.717, 1.165) is 11.7 Å². The molecule has 2 aromatic carbocycles. The maximum atomic E-state index is 13.1. The van der Waals surface area contributed by atoms with E-state index < -0.39 is 24.3 Å². The molecule has 0 fully saturated rings. The first-order chi connectivity index (χ1) is 14.4. The first-order valence-electron chi connectivity index (χ1n) is 8.63. The van der Waals surface area contributed by atoms with Crippen LogP contribution in [-0.4, -0.2) is 37.0 Å². The summed E-state index contributed by atoms with van der Waals surface area (Å²) in [5, 5.41) is 6.85. The van der Waals surface area contributed by atoms with Crippen LogP contribution in [0.25, 0.3) is 16.7 Å².